The largest absolute Gasteiger partial charge is 0.359 e. The number of likely N-dealkylation sites (tertiary alicyclic amines) is 2. The lowest BCUT2D eigenvalue weighted by Gasteiger charge is -2.34. The lowest BCUT2D eigenvalue weighted by molar-refractivity contribution is -0.141. The second-order valence-electron chi connectivity index (χ2n) is 12.7. The number of fused-ring (bicyclic) bond motifs is 1. The standard InChI is InChI=1S/C32H44N4O4/c1-21-18-22(2)20-24(19-21)34-29(37)26-25-12-13-32(40-25)27(26)31(39)36(17-9-16-35-14-7-4-8-15-35)28(32)30(38)33-23-10-5-3-6-11-23/h12-13,18-20,23,25-28H,3-11,14-17H2,1-2H3,(H,33,38)(H,34,37)/t25-,26-,27-,28+,32-/m0/s1. The second kappa shape index (κ2) is 11.3. The van der Waals surface area contributed by atoms with E-state index in [1.165, 1.54) is 25.7 Å². The first kappa shape index (κ1) is 27.5. The summed E-state index contributed by atoms with van der Waals surface area (Å²) in [4.78, 5) is 46.1. The van der Waals surface area contributed by atoms with Gasteiger partial charge in [0, 0.05) is 18.3 Å². The highest BCUT2D eigenvalue weighted by Gasteiger charge is 2.72. The van der Waals surface area contributed by atoms with Gasteiger partial charge in [-0.05, 0) is 88.8 Å². The van der Waals surface area contributed by atoms with Crippen molar-refractivity contribution in [2.24, 2.45) is 11.8 Å². The van der Waals surface area contributed by atoms with Crippen molar-refractivity contribution in [1.29, 1.82) is 0 Å². The SMILES string of the molecule is Cc1cc(C)cc(NC(=O)[C@H]2[C@@H]3C=C[C@]4(O3)[C@@H]2C(=O)N(CCCN2CCCCC2)[C@@H]4C(=O)NC2CCCCC2)c1. The highest BCUT2D eigenvalue weighted by Crippen LogP contribution is 2.55. The van der Waals surface area contributed by atoms with Crippen LogP contribution in [0.4, 0.5) is 5.69 Å². The molecule has 0 radical (unpaired) electrons. The van der Waals surface area contributed by atoms with Gasteiger partial charge in [0.05, 0.1) is 17.9 Å². The Bertz CT molecular complexity index is 1150. The van der Waals surface area contributed by atoms with Crippen LogP contribution >= 0.6 is 0 Å². The summed E-state index contributed by atoms with van der Waals surface area (Å²) in [6.07, 6.45) is 13.2. The molecule has 4 heterocycles. The van der Waals surface area contributed by atoms with E-state index in [-0.39, 0.29) is 23.8 Å². The molecule has 6 rings (SSSR count). The fourth-order valence-electron chi connectivity index (χ4n) is 7.95. The summed E-state index contributed by atoms with van der Waals surface area (Å²) < 4.78 is 6.52. The Hall–Kier alpha value is -2.71. The Kier molecular flexibility index (Phi) is 7.75. The minimum absolute atomic E-state index is 0.130. The van der Waals surface area contributed by atoms with E-state index in [0.717, 1.165) is 68.6 Å². The zero-order valence-corrected chi connectivity index (χ0v) is 24.0. The molecule has 8 nitrogen and oxygen atoms in total. The minimum atomic E-state index is -1.10. The van der Waals surface area contributed by atoms with Gasteiger partial charge in [-0.15, -0.1) is 0 Å². The molecule has 1 saturated carbocycles. The van der Waals surface area contributed by atoms with Gasteiger partial charge in [0.1, 0.15) is 11.6 Å². The molecule has 0 unspecified atom stereocenters. The molecule has 1 aliphatic carbocycles. The van der Waals surface area contributed by atoms with Gasteiger partial charge in [0.25, 0.3) is 0 Å². The normalized spacial score (nSPS) is 31.9. The quantitative estimate of drug-likeness (QED) is 0.484. The van der Waals surface area contributed by atoms with E-state index in [2.05, 4.69) is 21.6 Å². The molecular formula is C32H44N4O4. The average molecular weight is 549 g/mol. The monoisotopic (exact) mass is 548 g/mol. The first-order valence-corrected chi connectivity index (χ1v) is 15.5. The van der Waals surface area contributed by atoms with Crippen molar-refractivity contribution in [1.82, 2.24) is 15.1 Å². The molecule has 0 aromatic heterocycles. The van der Waals surface area contributed by atoms with Crippen LogP contribution in [-0.4, -0.2) is 77.5 Å². The molecule has 1 aromatic carbocycles. The number of piperidine rings is 1. The molecule has 2 N–H and O–H groups in total. The fraction of sp³-hybridized carbons (Fsp3) is 0.656. The van der Waals surface area contributed by atoms with Crippen LogP contribution in [0.2, 0.25) is 0 Å². The molecule has 3 saturated heterocycles. The van der Waals surface area contributed by atoms with Crippen LogP contribution in [0.25, 0.3) is 0 Å². The van der Waals surface area contributed by atoms with Gasteiger partial charge in [-0.2, -0.15) is 0 Å². The number of amides is 3. The number of benzene rings is 1. The molecule has 1 aromatic rings. The van der Waals surface area contributed by atoms with E-state index in [9.17, 15) is 14.4 Å². The van der Waals surface area contributed by atoms with Gasteiger partial charge >= 0.3 is 0 Å². The minimum Gasteiger partial charge on any atom is -0.359 e. The van der Waals surface area contributed by atoms with Crippen LogP contribution in [0, 0.1) is 25.7 Å². The maximum absolute atomic E-state index is 14.2. The molecule has 216 valence electrons. The van der Waals surface area contributed by atoms with E-state index in [0.29, 0.717) is 6.54 Å². The predicted octanol–water partition coefficient (Wildman–Crippen LogP) is 3.72. The molecule has 8 heteroatoms. The summed E-state index contributed by atoms with van der Waals surface area (Å²) in [5, 5.41) is 6.34. The Morgan fingerprint density at radius 1 is 0.950 bits per heavy atom. The molecule has 5 atom stereocenters. The highest BCUT2D eigenvalue weighted by molar-refractivity contribution is 6.02. The number of aryl methyl sites for hydroxylation is 2. The van der Waals surface area contributed by atoms with Crippen LogP contribution in [0.1, 0.15) is 68.9 Å². The Morgan fingerprint density at radius 3 is 2.38 bits per heavy atom. The maximum atomic E-state index is 14.2. The molecular weight excluding hydrogens is 504 g/mol. The Labute approximate surface area is 237 Å². The van der Waals surface area contributed by atoms with Gasteiger partial charge in [0.2, 0.25) is 17.7 Å². The zero-order chi connectivity index (χ0) is 27.9. The number of rotatable bonds is 8. The third-order valence-corrected chi connectivity index (χ3v) is 9.69. The molecule has 5 aliphatic rings. The topological polar surface area (TPSA) is 91.0 Å². The highest BCUT2D eigenvalue weighted by atomic mass is 16.5. The summed E-state index contributed by atoms with van der Waals surface area (Å²) in [7, 11) is 0. The van der Waals surface area contributed by atoms with Gasteiger partial charge in [-0.1, -0.05) is 43.9 Å². The number of hydrogen-bond donors (Lipinski definition) is 2. The summed E-state index contributed by atoms with van der Waals surface area (Å²) >= 11 is 0. The molecule has 4 aliphatic heterocycles. The van der Waals surface area contributed by atoms with Crippen LogP contribution in [-0.2, 0) is 19.1 Å². The van der Waals surface area contributed by atoms with E-state index in [4.69, 9.17) is 4.74 Å². The number of carbonyl (C=O) groups excluding carboxylic acids is 3. The number of anilines is 1. The van der Waals surface area contributed by atoms with Crippen LogP contribution in [0.3, 0.4) is 0 Å². The Balaban J connectivity index is 1.24. The third-order valence-electron chi connectivity index (χ3n) is 9.69. The number of hydrogen-bond acceptors (Lipinski definition) is 5. The second-order valence-corrected chi connectivity index (χ2v) is 12.7. The van der Waals surface area contributed by atoms with Crippen molar-refractivity contribution in [2.75, 3.05) is 31.5 Å². The van der Waals surface area contributed by atoms with Crippen molar-refractivity contribution in [2.45, 2.75) is 95.4 Å². The van der Waals surface area contributed by atoms with E-state index in [1.54, 1.807) is 4.90 Å². The lowest BCUT2D eigenvalue weighted by Crippen LogP contribution is -2.56. The van der Waals surface area contributed by atoms with Crippen LogP contribution in [0.15, 0.2) is 30.4 Å². The van der Waals surface area contributed by atoms with Gasteiger partial charge in [-0.25, -0.2) is 0 Å². The van der Waals surface area contributed by atoms with Crippen molar-refractivity contribution in [3.8, 4) is 0 Å². The molecule has 4 fully saturated rings. The number of ether oxygens (including phenoxy) is 1. The lowest BCUT2D eigenvalue weighted by atomic mass is 9.74. The summed E-state index contributed by atoms with van der Waals surface area (Å²) in [5.74, 6) is -1.86. The maximum Gasteiger partial charge on any atom is 0.246 e. The van der Waals surface area contributed by atoms with Gasteiger partial charge < -0.3 is 25.2 Å². The van der Waals surface area contributed by atoms with Gasteiger partial charge in [-0.3, -0.25) is 14.4 Å². The summed E-state index contributed by atoms with van der Waals surface area (Å²) in [6.45, 7) is 7.59. The molecule has 2 bridgehead atoms. The molecule has 1 spiro atoms. The molecule has 3 amide bonds. The van der Waals surface area contributed by atoms with Crippen LogP contribution in [0.5, 0.6) is 0 Å². The van der Waals surface area contributed by atoms with Crippen molar-refractivity contribution in [3.05, 3.63) is 41.5 Å². The third kappa shape index (κ3) is 5.09. The Morgan fingerprint density at radius 2 is 1.65 bits per heavy atom. The molecule has 40 heavy (non-hydrogen) atoms. The smallest absolute Gasteiger partial charge is 0.246 e. The number of nitrogens with zero attached hydrogens (tertiary/aromatic N) is 2. The first-order chi connectivity index (χ1) is 19.4. The van der Waals surface area contributed by atoms with Crippen LogP contribution < -0.4 is 10.6 Å². The summed E-state index contributed by atoms with van der Waals surface area (Å²) in [5.41, 5.74) is 1.74. The van der Waals surface area contributed by atoms with E-state index >= 15 is 0 Å². The number of nitrogens with one attached hydrogen (secondary N) is 2. The van der Waals surface area contributed by atoms with Crippen molar-refractivity contribution in [3.63, 3.8) is 0 Å². The van der Waals surface area contributed by atoms with E-state index in [1.807, 2.05) is 38.1 Å². The van der Waals surface area contributed by atoms with Gasteiger partial charge in [0.15, 0.2) is 0 Å². The predicted molar refractivity (Wildman–Crippen MR) is 154 cm³/mol. The first-order valence-electron chi connectivity index (χ1n) is 15.5. The average Bonchev–Trinajstić information content (AvgIpc) is 3.57. The van der Waals surface area contributed by atoms with E-state index < -0.39 is 29.6 Å². The zero-order valence-electron chi connectivity index (χ0n) is 24.0. The fourth-order valence-corrected chi connectivity index (χ4v) is 7.95. The van der Waals surface area contributed by atoms with Crippen molar-refractivity contribution < 1.29 is 19.1 Å². The van der Waals surface area contributed by atoms with Crippen molar-refractivity contribution >= 4 is 23.4 Å². The number of carbonyl (C=O) groups is 3. The summed E-state index contributed by atoms with van der Waals surface area (Å²) in [6, 6.07) is 5.32.